The quantitative estimate of drug-likeness (QED) is 0.170. The van der Waals surface area contributed by atoms with Crippen LogP contribution in [0.25, 0.3) is 27.9 Å². The summed E-state index contributed by atoms with van der Waals surface area (Å²) in [6.07, 6.45) is 1.61. The monoisotopic (exact) mass is 496 g/mol. The van der Waals surface area contributed by atoms with Gasteiger partial charge in [0.15, 0.2) is 16.7 Å². The molecule has 0 saturated heterocycles. The normalized spacial score (nSPS) is 11.6. The summed E-state index contributed by atoms with van der Waals surface area (Å²) in [5.74, 6) is 0.128. The molecule has 1 aromatic heterocycles. The van der Waals surface area contributed by atoms with Crippen molar-refractivity contribution in [1.82, 2.24) is 9.97 Å². The van der Waals surface area contributed by atoms with E-state index in [-0.39, 0.29) is 4.91 Å². The Labute approximate surface area is 212 Å². The van der Waals surface area contributed by atoms with E-state index in [1.807, 2.05) is 67.6 Å². The van der Waals surface area contributed by atoms with Crippen molar-refractivity contribution < 1.29 is 19.4 Å². The number of carbonyl (C=O) groups is 1. The first-order valence-electron chi connectivity index (χ1n) is 11.5. The van der Waals surface area contributed by atoms with E-state index in [9.17, 15) is 9.90 Å². The Morgan fingerprint density at radius 3 is 2.61 bits per heavy atom. The van der Waals surface area contributed by atoms with Crippen LogP contribution in [-0.4, -0.2) is 27.7 Å². The lowest BCUT2D eigenvalue weighted by atomic mass is 10.1. The smallest absolute Gasteiger partial charge is 0.342 e. The first-order chi connectivity index (χ1) is 17.6. The second-order valence-corrected chi connectivity index (χ2v) is 9.07. The lowest BCUT2D eigenvalue weighted by molar-refractivity contribution is -0.131. The van der Waals surface area contributed by atoms with Crippen LogP contribution in [0.15, 0.2) is 95.0 Å². The number of rotatable bonds is 9. The molecule has 0 radical (unpaired) electrons. The Hall–Kier alpha value is -4.23. The van der Waals surface area contributed by atoms with Gasteiger partial charge in [-0.1, -0.05) is 60.7 Å². The minimum absolute atomic E-state index is 0.140. The second-order valence-electron chi connectivity index (χ2n) is 8.04. The highest BCUT2D eigenvalue weighted by Gasteiger charge is 2.14. The molecule has 2 N–H and O–H groups in total. The molecule has 1 heterocycles. The van der Waals surface area contributed by atoms with Gasteiger partial charge in [0.2, 0.25) is 0 Å². The molecule has 0 aliphatic heterocycles. The third kappa shape index (κ3) is 5.21. The second kappa shape index (κ2) is 10.6. The average Bonchev–Trinajstić information content (AvgIpc) is 3.30. The summed E-state index contributed by atoms with van der Waals surface area (Å²) < 4.78 is 12.0. The number of aromatic nitrogens is 2. The number of carboxylic acids is 1. The number of benzene rings is 4. The lowest BCUT2D eigenvalue weighted by Gasteiger charge is -2.14. The van der Waals surface area contributed by atoms with E-state index >= 15 is 0 Å². The first kappa shape index (κ1) is 23.5. The number of imidazole rings is 1. The van der Waals surface area contributed by atoms with Crippen LogP contribution < -0.4 is 9.47 Å². The van der Waals surface area contributed by atoms with Gasteiger partial charge >= 0.3 is 5.97 Å². The summed E-state index contributed by atoms with van der Waals surface area (Å²) in [6, 6.07) is 27.4. The number of carboxylic acid groups (broad SMARTS) is 1. The molecule has 4 aromatic carbocycles. The maximum atomic E-state index is 12.0. The first-order valence-corrected chi connectivity index (χ1v) is 12.4. The summed E-state index contributed by atoms with van der Waals surface area (Å²) in [6.45, 7) is 2.74. The Bertz CT molecular complexity index is 1540. The van der Waals surface area contributed by atoms with Crippen LogP contribution in [0.4, 0.5) is 0 Å². The van der Waals surface area contributed by atoms with Crippen molar-refractivity contribution in [3.63, 3.8) is 0 Å². The van der Waals surface area contributed by atoms with E-state index < -0.39 is 5.97 Å². The molecule has 0 unspecified atom stereocenters. The topological polar surface area (TPSA) is 84.4 Å². The van der Waals surface area contributed by atoms with Gasteiger partial charge in [0, 0.05) is 0 Å². The standard InChI is InChI=1S/C29H24N2O4S/c1-2-34-26-16-19(17-27(28(32)33)36-29-30-23-12-5-6-13-24(23)31-29)14-15-25(26)35-18-21-10-7-9-20-8-3-4-11-22(20)21/h3-17H,2,18H2,1H3,(H,30,31)(H,32,33)/b27-17-. The van der Waals surface area contributed by atoms with Crippen LogP contribution in [0.5, 0.6) is 11.5 Å². The number of nitrogens with zero attached hydrogens (tertiary/aromatic N) is 1. The highest BCUT2D eigenvalue weighted by Crippen LogP contribution is 2.33. The van der Waals surface area contributed by atoms with Crippen LogP contribution >= 0.6 is 11.8 Å². The van der Waals surface area contributed by atoms with Gasteiger partial charge in [-0.3, -0.25) is 0 Å². The Balaban J connectivity index is 1.39. The largest absolute Gasteiger partial charge is 0.490 e. The Kier molecular flexibility index (Phi) is 6.91. The van der Waals surface area contributed by atoms with Crippen LogP contribution in [0.1, 0.15) is 18.1 Å². The molecule has 7 heteroatoms. The number of hydrogen-bond donors (Lipinski definition) is 2. The third-order valence-electron chi connectivity index (χ3n) is 5.61. The molecule has 5 rings (SSSR count). The zero-order chi connectivity index (χ0) is 24.9. The SMILES string of the molecule is CCOc1cc(/C=C(\Sc2nc3ccccc3[nH]2)C(=O)O)ccc1OCc1cccc2ccccc12. The van der Waals surface area contributed by atoms with Crippen molar-refractivity contribution in [2.45, 2.75) is 18.7 Å². The molecular weight excluding hydrogens is 472 g/mol. The van der Waals surface area contributed by atoms with Gasteiger partial charge in [0.05, 0.1) is 17.6 Å². The van der Waals surface area contributed by atoms with Crippen molar-refractivity contribution in [2.24, 2.45) is 0 Å². The number of para-hydroxylation sites is 2. The third-order valence-corrected chi connectivity index (χ3v) is 6.51. The molecule has 0 spiro atoms. The maximum Gasteiger partial charge on any atom is 0.342 e. The summed E-state index contributed by atoms with van der Waals surface area (Å²) in [7, 11) is 0. The summed E-state index contributed by atoms with van der Waals surface area (Å²) in [5, 5.41) is 12.6. The molecule has 0 amide bonds. The summed E-state index contributed by atoms with van der Waals surface area (Å²) >= 11 is 1.07. The summed E-state index contributed by atoms with van der Waals surface area (Å²) in [4.78, 5) is 19.7. The van der Waals surface area contributed by atoms with Gasteiger partial charge in [0.1, 0.15) is 11.5 Å². The van der Waals surface area contributed by atoms with Gasteiger partial charge in [-0.15, -0.1) is 0 Å². The molecule has 5 aromatic rings. The Morgan fingerprint density at radius 1 is 0.972 bits per heavy atom. The number of aliphatic carboxylic acids is 1. The number of H-pyrrole nitrogens is 1. The van der Waals surface area contributed by atoms with Crippen molar-refractivity contribution >= 4 is 45.6 Å². The highest BCUT2D eigenvalue weighted by molar-refractivity contribution is 8.04. The number of aromatic amines is 1. The number of fused-ring (bicyclic) bond motifs is 2. The minimum atomic E-state index is -1.03. The van der Waals surface area contributed by atoms with Crippen LogP contribution in [0.2, 0.25) is 0 Å². The predicted octanol–water partition coefficient (Wildman–Crippen LogP) is 6.91. The molecule has 180 valence electrons. The fourth-order valence-corrected chi connectivity index (χ4v) is 4.74. The van der Waals surface area contributed by atoms with Gasteiger partial charge in [-0.05, 0) is 70.9 Å². The highest BCUT2D eigenvalue weighted by atomic mass is 32.2. The van der Waals surface area contributed by atoms with E-state index in [1.165, 1.54) is 0 Å². The molecule has 0 aliphatic rings. The fraction of sp³-hybridized carbons (Fsp3) is 0.103. The molecule has 0 saturated carbocycles. The predicted molar refractivity (Wildman–Crippen MR) is 143 cm³/mol. The Morgan fingerprint density at radius 2 is 1.78 bits per heavy atom. The van der Waals surface area contributed by atoms with Gasteiger partial charge < -0.3 is 19.6 Å². The zero-order valence-electron chi connectivity index (χ0n) is 19.6. The van der Waals surface area contributed by atoms with Crippen molar-refractivity contribution in [3.05, 3.63) is 101 Å². The number of thioether (sulfide) groups is 1. The van der Waals surface area contributed by atoms with Gasteiger partial charge in [-0.2, -0.15) is 0 Å². The average molecular weight is 497 g/mol. The maximum absolute atomic E-state index is 12.0. The van der Waals surface area contributed by atoms with E-state index in [0.717, 1.165) is 39.1 Å². The number of hydrogen-bond acceptors (Lipinski definition) is 5. The van der Waals surface area contributed by atoms with Crippen molar-refractivity contribution in [1.29, 1.82) is 0 Å². The molecule has 36 heavy (non-hydrogen) atoms. The molecule has 0 fully saturated rings. The molecule has 0 aliphatic carbocycles. The number of ether oxygens (including phenoxy) is 2. The number of nitrogens with one attached hydrogen (secondary N) is 1. The van der Waals surface area contributed by atoms with Crippen LogP contribution in [0, 0.1) is 0 Å². The van der Waals surface area contributed by atoms with Crippen molar-refractivity contribution in [3.8, 4) is 11.5 Å². The van der Waals surface area contributed by atoms with Crippen LogP contribution in [0.3, 0.4) is 0 Å². The molecule has 6 nitrogen and oxygen atoms in total. The van der Waals surface area contributed by atoms with Crippen LogP contribution in [-0.2, 0) is 11.4 Å². The van der Waals surface area contributed by atoms with E-state index in [4.69, 9.17) is 9.47 Å². The fourth-order valence-electron chi connectivity index (χ4n) is 3.94. The minimum Gasteiger partial charge on any atom is -0.490 e. The van der Waals surface area contributed by atoms with E-state index in [1.54, 1.807) is 12.1 Å². The van der Waals surface area contributed by atoms with Crippen molar-refractivity contribution in [2.75, 3.05) is 6.61 Å². The lowest BCUT2D eigenvalue weighted by Crippen LogP contribution is -2.01. The van der Waals surface area contributed by atoms with E-state index in [2.05, 4.69) is 28.2 Å². The molecular formula is C29H24N2O4S. The van der Waals surface area contributed by atoms with Gasteiger partial charge in [-0.25, -0.2) is 9.78 Å². The molecule has 0 atom stereocenters. The summed E-state index contributed by atoms with van der Waals surface area (Å²) in [5.41, 5.74) is 3.42. The zero-order valence-corrected chi connectivity index (χ0v) is 20.4. The molecule has 0 bridgehead atoms. The van der Waals surface area contributed by atoms with E-state index in [0.29, 0.717) is 35.4 Å². The van der Waals surface area contributed by atoms with Gasteiger partial charge in [0.25, 0.3) is 0 Å².